The van der Waals surface area contributed by atoms with Crippen LogP contribution in [0.5, 0.6) is 5.75 Å². The molecule has 1 rings (SSSR count). The summed E-state index contributed by atoms with van der Waals surface area (Å²) in [5.41, 5.74) is 5.19. The Labute approximate surface area is 97.4 Å². The fourth-order valence-electron chi connectivity index (χ4n) is 0.983. The predicted octanol–water partition coefficient (Wildman–Crippen LogP) is 0.700. The number of alkyl halides is 1. The summed E-state index contributed by atoms with van der Waals surface area (Å²) in [6.07, 6.45) is 0. The lowest BCUT2D eigenvalue weighted by Crippen LogP contribution is -2.42. The van der Waals surface area contributed by atoms with E-state index in [1.807, 2.05) is 0 Å². The van der Waals surface area contributed by atoms with E-state index in [4.69, 9.17) is 11.6 Å². The minimum absolute atomic E-state index is 0.0244. The molecule has 0 saturated carbocycles. The standard InChI is InChI=1S/C10H11ClN2O3/c1-6-2-3-7(4-8(6)14)10(16)13-12-9(15)5-11/h2-4,14H,5H2,1H3,(H,12,15)(H,13,16). The van der Waals surface area contributed by atoms with E-state index in [-0.39, 0.29) is 17.2 Å². The van der Waals surface area contributed by atoms with Crippen LogP contribution in [-0.2, 0) is 4.79 Å². The van der Waals surface area contributed by atoms with Gasteiger partial charge in [0.15, 0.2) is 0 Å². The molecule has 1 aromatic rings. The number of phenolic OH excluding ortho intramolecular Hbond substituents is 1. The number of halogens is 1. The van der Waals surface area contributed by atoms with Crippen molar-refractivity contribution in [2.75, 3.05) is 5.88 Å². The number of hydrogen-bond acceptors (Lipinski definition) is 3. The minimum atomic E-state index is -0.520. The number of hydrogen-bond donors (Lipinski definition) is 3. The third-order valence-corrected chi connectivity index (χ3v) is 2.15. The van der Waals surface area contributed by atoms with Gasteiger partial charge in [0, 0.05) is 5.56 Å². The largest absolute Gasteiger partial charge is 0.508 e. The average Bonchev–Trinajstić information content (AvgIpc) is 2.29. The van der Waals surface area contributed by atoms with E-state index < -0.39 is 11.8 Å². The summed E-state index contributed by atoms with van der Waals surface area (Å²) in [5, 5.41) is 9.38. The smallest absolute Gasteiger partial charge is 0.269 e. The van der Waals surface area contributed by atoms with Crippen LogP contribution in [0.1, 0.15) is 15.9 Å². The summed E-state index contributed by atoms with van der Waals surface area (Å²) in [6.45, 7) is 1.71. The van der Waals surface area contributed by atoms with Crippen molar-refractivity contribution in [2.45, 2.75) is 6.92 Å². The van der Waals surface area contributed by atoms with Crippen molar-refractivity contribution in [3.05, 3.63) is 29.3 Å². The summed E-state index contributed by atoms with van der Waals surface area (Å²) < 4.78 is 0. The Kier molecular flexibility index (Phi) is 4.13. The van der Waals surface area contributed by atoms with Crippen molar-refractivity contribution in [1.82, 2.24) is 10.9 Å². The first-order chi connectivity index (χ1) is 7.54. The van der Waals surface area contributed by atoms with Gasteiger partial charge in [-0.05, 0) is 24.6 Å². The van der Waals surface area contributed by atoms with Gasteiger partial charge in [0.05, 0.1) is 0 Å². The number of benzene rings is 1. The van der Waals surface area contributed by atoms with Crippen LogP contribution in [0.4, 0.5) is 0 Å². The number of rotatable bonds is 2. The third-order valence-electron chi connectivity index (χ3n) is 1.91. The highest BCUT2D eigenvalue weighted by atomic mass is 35.5. The monoisotopic (exact) mass is 242 g/mol. The number of hydrazine groups is 1. The Balaban J connectivity index is 2.66. The Hall–Kier alpha value is -1.75. The van der Waals surface area contributed by atoms with Crippen LogP contribution in [0, 0.1) is 6.92 Å². The highest BCUT2D eigenvalue weighted by Crippen LogP contribution is 2.16. The molecule has 0 aliphatic heterocycles. The summed E-state index contributed by atoms with van der Waals surface area (Å²) in [6, 6.07) is 4.46. The molecule has 0 aliphatic rings. The lowest BCUT2D eigenvalue weighted by molar-refractivity contribution is -0.119. The highest BCUT2D eigenvalue weighted by molar-refractivity contribution is 6.27. The van der Waals surface area contributed by atoms with Crippen molar-refractivity contribution in [1.29, 1.82) is 0 Å². The topological polar surface area (TPSA) is 78.4 Å². The van der Waals surface area contributed by atoms with E-state index >= 15 is 0 Å². The van der Waals surface area contributed by atoms with Crippen LogP contribution in [0.15, 0.2) is 18.2 Å². The first kappa shape index (κ1) is 12.3. The molecule has 0 spiro atoms. The molecule has 0 bridgehead atoms. The molecule has 0 unspecified atom stereocenters. The molecule has 6 heteroatoms. The Morgan fingerprint density at radius 2 is 2.06 bits per heavy atom. The first-order valence-electron chi connectivity index (χ1n) is 4.49. The number of aryl methyl sites for hydroxylation is 1. The molecule has 0 atom stereocenters. The van der Waals surface area contributed by atoms with E-state index in [9.17, 15) is 14.7 Å². The van der Waals surface area contributed by atoms with Gasteiger partial charge < -0.3 is 5.11 Å². The van der Waals surface area contributed by atoms with Gasteiger partial charge >= 0.3 is 0 Å². The van der Waals surface area contributed by atoms with Gasteiger partial charge in [0.25, 0.3) is 11.8 Å². The van der Waals surface area contributed by atoms with Crippen LogP contribution in [0.2, 0.25) is 0 Å². The Morgan fingerprint density at radius 3 is 2.62 bits per heavy atom. The van der Waals surface area contributed by atoms with Crippen molar-refractivity contribution < 1.29 is 14.7 Å². The van der Waals surface area contributed by atoms with E-state index in [0.29, 0.717) is 5.56 Å². The zero-order valence-corrected chi connectivity index (χ0v) is 9.34. The second-order valence-electron chi connectivity index (χ2n) is 3.14. The molecule has 0 saturated heterocycles. The molecular formula is C10H11ClN2O3. The second kappa shape index (κ2) is 5.37. The van der Waals surface area contributed by atoms with Crippen LogP contribution < -0.4 is 10.9 Å². The molecule has 1 aromatic carbocycles. The average molecular weight is 243 g/mol. The first-order valence-corrected chi connectivity index (χ1v) is 5.03. The summed E-state index contributed by atoms with van der Waals surface area (Å²) >= 11 is 5.22. The number of aromatic hydroxyl groups is 1. The lowest BCUT2D eigenvalue weighted by atomic mass is 10.1. The normalized spacial score (nSPS) is 9.62. The molecule has 16 heavy (non-hydrogen) atoms. The second-order valence-corrected chi connectivity index (χ2v) is 3.40. The van der Waals surface area contributed by atoms with Crippen LogP contribution in [0.3, 0.4) is 0 Å². The van der Waals surface area contributed by atoms with Crippen molar-refractivity contribution in [3.8, 4) is 5.75 Å². The molecule has 86 valence electrons. The van der Waals surface area contributed by atoms with Crippen LogP contribution >= 0.6 is 11.6 Å². The third kappa shape index (κ3) is 3.13. The fraction of sp³-hybridized carbons (Fsp3) is 0.200. The summed E-state index contributed by atoms with van der Waals surface area (Å²) in [5.74, 6) is -1.24. The number of nitrogens with one attached hydrogen (secondary N) is 2. The zero-order chi connectivity index (χ0) is 12.1. The van der Waals surface area contributed by atoms with Gasteiger partial charge in [0.2, 0.25) is 0 Å². The maximum absolute atomic E-state index is 11.4. The summed E-state index contributed by atoms with van der Waals surface area (Å²) in [4.78, 5) is 22.2. The highest BCUT2D eigenvalue weighted by Gasteiger charge is 2.08. The number of carbonyl (C=O) groups is 2. The van der Waals surface area contributed by atoms with Crippen LogP contribution in [0.25, 0.3) is 0 Å². The van der Waals surface area contributed by atoms with E-state index in [1.54, 1.807) is 13.0 Å². The lowest BCUT2D eigenvalue weighted by Gasteiger charge is -2.06. The van der Waals surface area contributed by atoms with Gasteiger partial charge in [-0.25, -0.2) is 0 Å². The zero-order valence-electron chi connectivity index (χ0n) is 8.58. The van der Waals surface area contributed by atoms with E-state index in [0.717, 1.165) is 0 Å². The molecule has 5 nitrogen and oxygen atoms in total. The molecule has 0 aliphatic carbocycles. The SMILES string of the molecule is Cc1ccc(C(=O)NNC(=O)CCl)cc1O. The quantitative estimate of drug-likeness (QED) is 0.528. The molecule has 0 aromatic heterocycles. The summed E-state index contributed by atoms with van der Waals surface area (Å²) in [7, 11) is 0. The maximum Gasteiger partial charge on any atom is 0.269 e. The molecule has 0 fully saturated rings. The van der Waals surface area contributed by atoms with Crippen molar-refractivity contribution in [2.24, 2.45) is 0 Å². The Morgan fingerprint density at radius 1 is 1.38 bits per heavy atom. The number of carbonyl (C=O) groups excluding carboxylic acids is 2. The van der Waals surface area contributed by atoms with Crippen molar-refractivity contribution >= 4 is 23.4 Å². The van der Waals surface area contributed by atoms with E-state index in [1.165, 1.54) is 12.1 Å². The van der Waals surface area contributed by atoms with Gasteiger partial charge in [-0.3, -0.25) is 20.4 Å². The maximum atomic E-state index is 11.4. The van der Waals surface area contributed by atoms with Crippen LogP contribution in [-0.4, -0.2) is 22.8 Å². The van der Waals surface area contributed by atoms with Gasteiger partial charge in [-0.1, -0.05) is 6.07 Å². The van der Waals surface area contributed by atoms with Gasteiger partial charge in [0.1, 0.15) is 11.6 Å². The molecule has 2 amide bonds. The minimum Gasteiger partial charge on any atom is -0.508 e. The molecule has 0 heterocycles. The number of amides is 2. The van der Waals surface area contributed by atoms with Crippen molar-refractivity contribution in [3.63, 3.8) is 0 Å². The van der Waals surface area contributed by atoms with E-state index in [2.05, 4.69) is 10.9 Å². The number of phenols is 1. The molecular weight excluding hydrogens is 232 g/mol. The molecule has 0 radical (unpaired) electrons. The fourth-order valence-corrected chi connectivity index (χ4v) is 1.05. The molecule has 3 N–H and O–H groups in total. The predicted molar refractivity (Wildman–Crippen MR) is 59.2 cm³/mol. The Bertz CT molecular complexity index is 421. The van der Waals surface area contributed by atoms with Gasteiger partial charge in [-0.15, -0.1) is 11.6 Å². The van der Waals surface area contributed by atoms with Gasteiger partial charge in [-0.2, -0.15) is 0 Å².